The highest BCUT2D eigenvalue weighted by molar-refractivity contribution is 8.13. The molecule has 1 amide bonds. The lowest BCUT2D eigenvalue weighted by atomic mass is 10.1. The Morgan fingerprint density at radius 1 is 0.971 bits per heavy atom. The fraction of sp³-hybridized carbons (Fsp3) is 0.222. The summed E-state index contributed by atoms with van der Waals surface area (Å²) in [6.07, 6.45) is -0.513. The molecule has 8 heteroatoms. The van der Waals surface area contributed by atoms with E-state index in [4.69, 9.17) is 19.6 Å². The summed E-state index contributed by atoms with van der Waals surface area (Å²) in [5.41, 5.74) is 2.42. The first-order chi connectivity index (χ1) is 17.2. The van der Waals surface area contributed by atoms with Gasteiger partial charge in [-0.05, 0) is 36.4 Å². The van der Waals surface area contributed by atoms with Gasteiger partial charge in [0.2, 0.25) is 0 Å². The van der Waals surface area contributed by atoms with Crippen molar-refractivity contribution < 1.29 is 14.3 Å². The van der Waals surface area contributed by atoms with Gasteiger partial charge in [-0.25, -0.2) is 5.01 Å². The molecule has 3 aromatic carbocycles. The van der Waals surface area contributed by atoms with Crippen LogP contribution in [0.2, 0.25) is 0 Å². The second-order valence-electron chi connectivity index (χ2n) is 7.92. The Balaban J connectivity index is 1.55. The summed E-state index contributed by atoms with van der Waals surface area (Å²) in [6, 6.07) is 23.4. The maximum absolute atomic E-state index is 13.1. The van der Waals surface area contributed by atoms with Gasteiger partial charge in [0.1, 0.15) is 12.3 Å². The van der Waals surface area contributed by atoms with Crippen LogP contribution in [0.4, 0.5) is 0 Å². The van der Waals surface area contributed by atoms with Crippen molar-refractivity contribution in [2.24, 2.45) is 10.1 Å². The van der Waals surface area contributed by atoms with Crippen molar-refractivity contribution in [1.82, 2.24) is 10.3 Å². The Kier molecular flexibility index (Phi) is 6.72. The van der Waals surface area contributed by atoms with E-state index < -0.39 is 6.17 Å². The molecule has 178 valence electrons. The molecule has 1 unspecified atom stereocenters. The van der Waals surface area contributed by atoms with Gasteiger partial charge in [0.15, 0.2) is 22.8 Å². The van der Waals surface area contributed by atoms with Crippen LogP contribution in [0.5, 0.6) is 11.5 Å². The Bertz CT molecular complexity index is 1390. The molecule has 0 spiro atoms. The smallest absolute Gasteiger partial charge is 0.276 e. The lowest BCUT2D eigenvalue weighted by molar-refractivity contribution is -0.116. The number of nitrogens with one attached hydrogen (secondary N) is 1. The van der Waals surface area contributed by atoms with Gasteiger partial charge in [0.05, 0.1) is 12.0 Å². The van der Waals surface area contributed by atoms with Crippen molar-refractivity contribution in [2.75, 3.05) is 12.4 Å². The number of hydrogen-bond acceptors (Lipinski definition) is 7. The van der Waals surface area contributed by atoms with Gasteiger partial charge in [-0.15, -0.1) is 5.10 Å². The first-order valence-corrected chi connectivity index (χ1v) is 12.6. The standard InChI is InChI=1S/C27H26N4O3S/c1-3-33-23-16-19(14-15-22(23)34-17-18-10-6-5-7-11-18)25-28-21-13-9-8-12-20(21)24-26(32)29-27(35-4-2)30-31(24)25/h5-16,25H,3-4,17H2,1-2H3,(H,29,30,32). The van der Waals surface area contributed by atoms with Crippen LogP contribution in [0.1, 0.15) is 31.1 Å². The minimum atomic E-state index is -0.513. The normalized spacial score (nSPS) is 16.5. The van der Waals surface area contributed by atoms with Gasteiger partial charge in [-0.2, -0.15) is 0 Å². The average Bonchev–Trinajstić information content (AvgIpc) is 2.88. The number of amidine groups is 1. The third-order valence-corrected chi connectivity index (χ3v) is 6.35. The summed E-state index contributed by atoms with van der Waals surface area (Å²) in [6.45, 7) is 4.89. The number of carbonyl (C=O) groups is 1. The number of benzene rings is 3. The topological polar surface area (TPSA) is 75.5 Å². The molecule has 2 aliphatic heterocycles. The number of hydrazone groups is 1. The van der Waals surface area contributed by atoms with Crippen molar-refractivity contribution in [3.05, 3.63) is 94.5 Å². The predicted molar refractivity (Wildman–Crippen MR) is 137 cm³/mol. The quantitative estimate of drug-likeness (QED) is 0.553. The largest absolute Gasteiger partial charge is 0.490 e. The van der Waals surface area contributed by atoms with E-state index >= 15 is 0 Å². The van der Waals surface area contributed by atoms with Crippen molar-refractivity contribution in [3.63, 3.8) is 0 Å². The highest BCUT2D eigenvalue weighted by Gasteiger charge is 2.34. The number of nitrogens with zero attached hydrogens (tertiary/aromatic N) is 3. The molecule has 0 bridgehead atoms. The Labute approximate surface area is 208 Å². The number of carbonyl (C=O) groups excluding carboxylic acids is 1. The number of fused-ring (bicyclic) bond motifs is 2. The van der Waals surface area contributed by atoms with Crippen LogP contribution in [0.25, 0.3) is 5.70 Å². The molecule has 0 fully saturated rings. The van der Waals surface area contributed by atoms with Gasteiger partial charge >= 0.3 is 0 Å². The first kappa shape index (κ1) is 23.0. The van der Waals surface area contributed by atoms with Crippen molar-refractivity contribution >= 4 is 28.5 Å². The SMILES string of the molecule is CCOc1cc(C2N=c3ccccc3=C3C(=O)NC(SCC)=NN32)ccc1OCc1ccccc1. The highest BCUT2D eigenvalue weighted by Crippen LogP contribution is 2.36. The van der Waals surface area contributed by atoms with Gasteiger partial charge in [0.25, 0.3) is 5.91 Å². The summed E-state index contributed by atoms with van der Waals surface area (Å²) in [5, 5.41) is 11.5. The van der Waals surface area contributed by atoms with Crippen molar-refractivity contribution in [1.29, 1.82) is 0 Å². The van der Waals surface area contributed by atoms with Gasteiger partial charge < -0.3 is 9.47 Å². The average molecular weight is 487 g/mol. The van der Waals surface area contributed by atoms with Crippen LogP contribution >= 0.6 is 11.8 Å². The summed E-state index contributed by atoms with van der Waals surface area (Å²) in [4.78, 5) is 18.1. The molecule has 0 aliphatic carbocycles. The Hall–Kier alpha value is -3.78. The third kappa shape index (κ3) is 4.74. The fourth-order valence-corrected chi connectivity index (χ4v) is 4.64. The van der Waals surface area contributed by atoms with E-state index in [-0.39, 0.29) is 5.91 Å². The molecule has 0 saturated carbocycles. The number of rotatable bonds is 7. The Morgan fingerprint density at radius 2 is 1.77 bits per heavy atom. The summed E-state index contributed by atoms with van der Waals surface area (Å²) in [5.74, 6) is 1.89. The van der Waals surface area contributed by atoms with Crippen LogP contribution in [0, 0.1) is 0 Å². The van der Waals surface area contributed by atoms with E-state index in [0.717, 1.165) is 27.5 Å². The number of amides is 1. The highest BCUT2D eigenvalue weighted by atomic mass is 32.2. The zero-order valence-corrected chi connectivity index (χ0v) is 20.4. The molecular formula is C27H26N4O3S. The molecule has 5 rings (SSSR count). The maximum atomic E-state index is 13.1. The number of para-hydroxylation sites is 1. The van der Waals surface area contributed by atoms with E-state index in [1.54, 1.807) is 5.01 Å². The molecule has 1 atom stereocenters. The fourth-order valence-electron chi connectivity index (χ4n) is 4.05. The van der Waals surface area contributed by atoms with E-state index in [0.29, 0.717) is 35.6 Å². The molecular weight excluding hydrogens is 460 g/mol. The van der Waals surface area contributed by atoms with Gasteiger partial charge in [0, 0.05) is 10.8 Å². The number of thioether (sulfide) groups is 1. The van der Waals surface area contributed by atoms with E-state index in [9.17, 15) is 4.79 Å². The molecule has 0 aromatic heterocycles. The Morgan fingerprint density at radius 3 is 2.57 bits per heavy atom. The molecule has 2 heterocycles. The van der Waals surface area contributed by atoms with Crippen molar-refractivity contribution in [2.45, 2.75) is 26.6 Å². The van der Waals surface area contributed by atoms with Crippen LogP contribution in [-0.2, 0) is 11.4 Å². The number of hydrogen-bond donors (Lipinski definition) is 1. The summed E-state index contributed by atoms with van der Waals surface area (Å²) in [7, 11) is 0. The minimum absolute atomic E-state index is 0.184. The van der Waals surface area contributed by atoms with Crippen molar-refractivity contribution in [3.8, 4) is 11.5 Å². The molecule has 3 aromatic rings. The first-order valence-electron chi connectivity index (χ1n) is 11.6. The van der Waals surface area contributed by atoms with E-state index in [1.807, 2.05) is 86.6 Å². The molecule has 2 aliphatic rings. The van der Waals surface area contributed by atoms with Crippen LogP contribution in [-0.4, -0.2) is 28.4 Å². The van der Waals surface area contributed by atoms with Gasteiger partial charge in [-0.1, -0.05) is 73.3 Å². The van der Waals surface area contributed by atoms with Crippen LogP contribution in [0.15, 0.2) is 82.9 Å². The predicted octanol–water partition coefficient (Wildman–Crippen LogP) is 3.56. The third-order valence-electron chi connectivity index (χ3n) is 5.60. The summed E-state index contributed by atoms with van der Waals surface area (Å²) >= 11 is 1.49. The van der Waals surface area contributed by atoms with Crippen LogP contribution in [0.3, 0.4) is 0 Å². The molecule has 7 nitrogen and oxygen atoms in total. The second-order valence-corrected chi connectivity index (χ2v) is 9.17. The zero-order chi connectivity index (χ0) is 24.2. The maximum Gasteiger partial charge on any atom is 0.276 e. The van der Waals surface area contributed by atoms with Gasteiger partial charge in [-0.3, -0.25) is 15.1 Å². The summed E-state index contributed by atoms with van der Waals surface area (Å²) < 4.78 is 12.0. The molecule has 35 heavy (non-hydrogen) atoms. The monoisotopic (exact) mass is 486 g/mol. The lowest BCUT2D eigenvalue weighted by Crippen LogP contribution is -2.50. The molecule has 0 radical (unpaired) electrons. The second kappa shape index (κ2) is 10.2. The number of ether oxygens (including phenoxy) is 2. The van der Waals surface area contributed by atoms with Crippen LogP contribution < -0.4 is 25.4 Å². The van der Waals surface area contributed by atoms with E-state index in [2.05, 4.69) is 5.32 Å². The minimum Gasteiger partial charge on any atom is -0.490 e. The zero-order valence-electron chi connectivity index (χ0n) is 19.6. The molecule has 0 saturated heterocycles. The molecule has 1 N–H and O–H groups in total. The lowest BCUT2D eigenvalue weighted by Gasteiger charge is -2.34. The van der Waals surface area contributed by atoms with E-state index in [1.165, 1.54) is 11.8 Å².